The maximum Gasteiger partial charge on any atom is 0.399 e. The lowest BCUT2D eigenvalue weighted by Crippen LogP contribution is -2.43. The summed E-state index contributed by atoms with van der Waals surface area (Å²) >= 11 is 0. The number of esters is 1. The van der Waals surface area contributed by atoms with Crippen molar-refractivity contribution in [1.29, 1.82) is 0 Å². The third kappa shape index (κ3) is 0.973. The number of fused-ring (bicyclic) bond motifs is 5. The Labute approximate surface area is 112 Å². The summed E-state index contributed by atoms with van der Waals surface area (Å²) in [6.07, 6.45) is -3.31. The van der Waals surface area contributed by atoms with Crippen LogP contribution < -0.4 is 0 Å². The third-order valence-electron chi connectivity index (χ3n) is 5.11. The number of hydrogen-bond donors (Lipinski definition) is 0. The molecule has 0 aromatic carbocycles. The van der Waals surface area contributed by atoms with E-state index in [2.05, 4.69) is 4.74 Å². The molecule has 2 aliphatic heterocycles. The molecule has 0 unspecified atom stereocenters. The monoisotopic (exact) mass is 290 g/mol. The molecule has 0 amide bonds. The highest BCUT2D eigenvalue weighted by atomic mass is 19.4. The van der Waals surface area contributed by atoms with Crippen LogP contribution in [0.25, 0.3) is 0 Å². The summed E-state index contributed by atoms with van der Waals surface area (Å²) in [5, 5.41) is 0. The Morgan fingerprint density at radius 3 is 2.35 bits per heavy atom. The van der Waals surface area contributed by atoms with Crippen molar-refractivity contribution >= 4 is 11.8 Å². The molecule has 20 heavy (non-hydrogen) atoms. The van der Waals surface area contributed by atoms with Crippen molar-refractivity contribution in [3.63, 3.8) is 0 Å². The summed E-state index contributed by atoms with van der Waals surface area (Å²) in [5.41, 5.74) is -5.83. The fraction of sp³-hybridized carbons (Fsp3) is 0.692. The van der Waals surface area contributed by atoms with Gasteiger partial charge in [0, 0.05) is 0 Å². The van der Waals surface area contributed by atoms with Crippen LogP contribution in [0.5, 0.6) is 0 Å². The van der Waals surface area contributed by atoms with Crippen molar-refractivity contribution in [1.82, 2.24) is 0 Å². The lowest BCUT2D eigenvalue weighted by Gasteiger charge is -2.29. The van der Waals surface area contributed by atoms with E-state index < -0.39 is 46.4 Å². The molecule has 110 valence electrons. The van der Waals surface area contributed by atoms with Crippen molar-refractivity contribution in [2.75, 3.05) is 7.11 Å². The largest absolute Gasteiger partial charge is 0.469 e. The SMILES string of the molecule is COC(=O)[C@H]1[C@]2(C(F)(F)F)[C@H]3C=C[C@](C)(O3)[C@]12C(C)=O. The van der Waals surface area contributed by atoms with Gasteiger partial charge in [-0.05, 0) is 13.8 Å². The average molecular weight is 290 g/mol. The molecule has 3 rings (SSSR count). The molecule has 2 bridgehead atoms. The van der Waals surface area contributed by atoms with Crippen molar-refractivity contribution in [2.24, 2.45) is 16.7 Å². The fourth-order valence-corrected chi connectivity index (χ4v) is 4.54. The van der Waals surface area contributed by atoms with Gasteiger partial charge < -0.3 is 9.47 Å². The first-order valence-corrected chi connectivity index (χ1v) is 6.14. The molecule has 0 N–H and O–H groups in total. The van der Waals surface area contributed by atoms with Crippen LogP contribution in [0.15, 0.2) is 12.2 Å². The molecule has 5 atom stereocenters. The molecule has 0 aromatic rings. The highest BCUT2D eigenvalue weighted by Crippen LogP contribution is 2.87. The fourth-order valence-electron chi connectivity index (χ4n) is 4.54. The first-order valence-electron chi connectivity index (χ1n) is 6.14. The number of alkyl halides is 3. The van der Waals surface area contributed by atoms with E-state index in [-0.39, 0.29) is 0 Å². The molecule has 1 aliphatic carbocycles. The summed E-state index contributed by atoms with van der Waals surface area (Å²) in [7, 11) is 1.02. The average Bonchev–Trinajstić information content (AvgIpc) is 2.79. The zero-order valence-electron chi connectivity index (χ0n) is 11.1. The van der Waals surface area contributed by atoms with E-state index in [4.69, 9.17) is 4.74 Å². The quantitative estimate of drug-likeness (QED) is 0.573. The van der Waals surface area contributed by atoms with Gasteiger partial charge in [-0.25, -0.2) is 0 Å². The topological polar surface area (TPSA) is 52.6 Å². The van der Waals surface area contributed by atoms with Crippen LogP contribution >= 0.6 is 0 Å². The Hall–Kier alpha value is -1.37. The maximum absolute atomic E-state index is 13.7. The van der Waals surface area contributed by atoms with E-state index in [9.17, 15) is 22.8 Å². The number of halogens is 3. The van der Waals surface area contributed by atoms with Gasteiger partial charge in [-0.3, -0.25) is 9.59 Å². The van der Waals surface area contributed by atoms with Gasteiger partial charge in [0.25, 0.3) is 0 Å². The van der Waals surface area contributed by atoms with Gasteiger partial charge in [0.1, 0.15) is 11.2 Å². The van der Waals surface area contributed by atoms with E-state index >= 15 is 0 Å². The van der Waals surface area contributed by atoms with Gasteiger partial charge in [0.2, 0.25) is 0 Å². The molecule has 4 nitrogen and oxygen atoms in total. The zero-order chi connectivity index (χ0) is 15.1. The Morgan fingerprint density at radius 1 is 1.35 bits per heavy atom. The number of rotatable bonds is 2. The van der Waals surface area contributed by atoms with Crippen LogP contribution in [0.4, 0.5) is 13.2 Å². The van der Waals surface area contributed by atoms with Gasteiger partial charge in [-0.2, -0.15) is 13.2 Å². The summed E-state index contributed by atoms with van der Waals surface area (Å²) < 4.78 is 51.0. The van der Waals surface area contributed by atoms with Gasteiger partial charge in [0.15, 0.2) is 0 Å². The van der Waals surface area contributed by atoms with E-state index in [1.807, 2.05) is 0 Å². The number of carbonyl (C=O) groups is 2. The molecule has 2 fully saturated rings. The smallest absolute Gasteiger partial charge is 0.399 e. The molecule has 2 heterocycles. The van der Waals surface area contributed by atoms with Crippen LogP contribution in [-0.4, -0.2) is 36.7 Å². The highest BCUT2D eigenvalue weighted by molar-refractivity contribution is 6.00. The molecule has 0 aromatic heterocycles. The second-order valence-corrected chi connectivity index (χ2v) is 5.69. The maximum atomic E-state index is 13.7. The summed E-state index contributed by atoms with van der Waals surface area (Å²) in [5.74, 6) is -3.25. The Balaban J connectivity index is 2.27. The molecule has 7 heteroatoms. The second-order valence-electron chi connectivity index (χ2n) is 5.69. The molecule has 3 aliphatic rings. The van der Waals surface area contributed by atoms with Crippen LogP contribution in [-0.2, 0) is 19.1 Å². The number of carbonyl (C=O) groups excluding carboxylic acids is 2. The molecular weight excluding hydrogens is 277 g/mol. The standard InChI is InChI=1S/C13H13F3O4/c1-6(17)11-8(9(18)19-3)12(11,13(14,15)16)7-4-5-10(11,2)20-7/h4-5,7-8H,1-3H3/t7-,8-,10+,11+,12-/m1/s1. The van der Waals surface area contributed by atoms with E-state index in [1.54, 1.807) is 0 Å². The number of methoxy groups -OCH3 is 1. The summed E-state index contributed by atoms with van der Waals surface area (Å²) in [6.45, 7) is 2.49. The van der Waals surface area contributed by atoms with Crippen LogP contribution in [0.3, 0.4) is 0 Å². The predicted molar refractivity (Wildman–Crippen MR) is 59.5 cm³/mol. The van der Waals surface area contributed by atoms with Crippen LogP contribution in [0.2, 0.25) is 0 Å². The van der Waals surface area contributed by atoms with Crippen LogP contribution in [0, 0.1) is 16.7 Å². The predicted octanol–water partition coefficient (Wildman–Crippen LogP) is 1.64. The van der Waals surface area contributed by atoms with Crippen molar-refractivity contribution in [2.45, 2.75) is 31.7 Å². The number of Topliss-reactive ketones (excluding diaryl/α,β-unsaturated/α-hetero) is 1. The van der Waals surface area contributed by atoms with Crippen molar-refractivity contribution in [3.05, 3.63) is 12.2 Å². The van der Waals surface area contributed by atoms with Crippen molar-refractivity contribution in [3.8, 4) is 0 Å². The van der Waals surface area contributed by atoms with Gasteiger partial charge in [0.05, 0.1) is 30.1 Å². The summed E-state index contributed by atoms with van der Waals surface area (Å²) in [4.78, 5) is 23.9. The third-order valence-corrected chi connectivity index (χ3v) is 5.11. The minimum absolute atomic E-state index is 0.695. The minimum atomic E-state index is -4.73. The lowest BCUT2D eigenvalue weighted by atomic mass is 9.73. The first-order chi connectivity index (χ1) is 9.11. The number of ether oxygens (including phenoxy) is 2. The molecule has 0 spiro atoms. The van der Waals surface area contributed by atoms with Crippen LogP contribution in [0.1, 0.15) is 13.8 Å². The number of hydrogen-bond acceptors (Lipinski definition) is 4. The highest BCUT2D eigenvalue weighted by Gasteiger charge is 3.02. The normalized spacial score (nSPS) is 48.1. The Kier molecular flexibility index (Phi) is 2.22. The molecule has 0 radical (unpaired) electrons. The van der Waals surface area contributed by atoms with E-state index in [0.717, 1.165) is 14.0 Å². The summed E-state index contributed by atoms with van der Waals surface area (Å²) in [6, 6.07) is 0. The van der Waals surface area contributed by atoms with E-state index in [1.165, 1.54) is 19.1 Å². The minimum Gasteiger partial charge on any atom is -0.469 e. The molecule has 1 saturated carbocycles. The lowest BCUT2D eigenvalue weighted by molar-refractivity contribution is -0.213. The molecule has 1 saturated heterocycles. The van der Waals surface area contributed by atoms with Crippen molar-refractivity contribution < 1.29 is 32.2 Å². The second kappa shape index (κ2) is 3.27. The van der Waals surface area contributed by atoms with Gasteiger partial charge in [-0.15, -0.1) is 0 Å². The first kappa shape index (κ1) is 13.6. The van der Waals surface area contributed by atoms with E-state index in [0.29, 0.717) is 0 Å². The molecular formula is C13H13F3O4. The number of ketones is 1. The van der Waals surface area contributed by atoms with Gasteiger partial charge in [-0.1, -0.05) is 12.2 Å². The Bertz CT molecular complexity index is 554. The zero-order valence-corrected chi connectivity index (χ0v) is 11.1. The Morgan fingerprint density at radius 2 is 1.95 bits per heavy atom. The van der Waals surface area contributed by atoms with Gasteiger partial charge >= 0.3 is 12.1 Å².